The molecule has 1 saturated carbocycles. The molecule has 1 aliphatic rings. The minimum atomic E-state index is 0.0681. The fourth-order valence-electron chi connectivity index (χ4n) is 1.83. The Labute approximate surface area is 81.2 Å². The largest absolute Gasteiger partial charge is 0.493 e. The molecule has 1 N–H and O–H groups in total. The Morgan fingerprint density at radius 2 is 2.21 bits per heavy atom. The molecule has 0 radical (unpaired) electrons. The van der Waals surface area contributed by atoms with Gasteiger partial charge >= 0.3 is 0 Å². The van der Waals surface area contributed by atoms with E-state index in [1.807, 2.05) is 6.33 Å². The van der Waals surface area contributed by atoms with Crippen LogP contribution in [0.2, 0.25) is 0 Å². The minimum Gasteiger partial charge on any atom is -0.493 e. The molecular weight excluding hydrogens is 178 g/mol. The van der Waals surface area contributed by atoms with Crippen molar-refractivity contribution >= 4 is 11.2 Å². The summed E-state index contributed by atoms with van der Waals surface area (Å²) in [6, 6.07) is 3.90. The molecule has 0 atom stereocenters. The maximum Gasteiger partial charge on any atom is 0.212 e. The average molecular weight is 189 g/mol. The molecule has 0 bridgehead atoms. The fraction of sp³-hybridized carbons (Fsp3) is 0.400. The summed E-state index contributed by atoms with van der Waals surface area (Å²) in [7, 11) is 0. The van der Waals surface area contributed by atoms with Crippen LogP contribution in [0.25, 0.3) is 11.2 Å². The summed E-state index contributed by atoms with van der Waals surface area (Å²) >= 11 is 0. The van der Waals surface area contributed by atoms with Crippen LogP contribution in [0.15, 0.2) is 18.5 Å². The molecule has 72 valence electrons. The summed E-state index contributed by atoms with van der Waals surface area (Å²) in [6.45, 7) is 0. The lowest BCUT2D eigenvalue weighted by Crippen LogP contribution is -2.16. The molecule has 0 spiro atoms. The third-order valence-electron chi connectivity index (χ3n) is 2.87. The molecule has 2 aromatic rings. The zero-order chi connectivity index (χ0) is 9.54. The third-order valence-corrected chi connectivity index (χ3v) is 2.87. The van der Waals surface area contributed by atoms with E-state index in [4.69, 9.17) is 0 Å². The SMILES string of the molecule is Oc1ccc2ncn(C3CCC3)c2n1. The number of fused-ring (bicyclic) bond motifs is 1. The molecule has 2 aromatic heterocycles. The highest BCUT2D eigenvalue weighted by molar-refractivity contribution is 5.71. The van der Waals surface area contributed by atoms with Crippen molar-refractivity contribution in [2.24, 2.45) is 0 Å². The second-order valence-electron chi connectivity index (χ2n) is 3.75. The van der Waals surface area contributed by atoms with E-state index >= 15 is 0 Å². The van der Waals surface area contributed by atoms with Crippen LogP contribution in [0.3, 0.4) is 0 Å². The summed E-state index contributed by atoms with van der Waals surface area (Å²) in [6.07, 6.45) is 5.50. The number of rotatable bonds is 1. The lowest BCUT2D eigenvalue weighted by molar-refractivity contribution is 0.318. The van der Waals surface area contributed by atoms with Gasteiger partial charge in [0, 0.05) is 12.1 Å². The highest BCUT2D eigenvalue weighted by Crippen LogP contribution is 2.33. The maximum absolute atomic E-state index is 9.29. The van der Waals surface area contributed by atoms with Crippen molar-refractivity contribution in [1.82, 2.24) is 14.5 Å². The van der Waals surface area contributed by atoms with Gasteiger partial charge in [0.15, 0.2) is 5.65 Å². The number of hydrogen-bond donors (Lipinski definition) is 1. The number of pyridine rings is 1. The van der Waals surface area contributed by atoms with Crippen molar-refractivity contribution in [1.29, 1.82) is 0 Å². The first-order chi connectivity index (χ1) is 6.84. The molecule has 2 heterocycles. The van der Waals surface area contributed by atoms with Crippen molar-refractivity contribution in [3.05, 3.63) is 18.5 Å². The van der Waals surface area contributed by atoms with Crippen LogP contribution in [-0.2, 0) is 0 Å². The fourth-order valence-corrected chi connectivity index (χ4v) is 1.83. The first-order valence-electron chi connectivity index (χ1n) is 4.87. The topological polar surface area (TPSA) is 50.9 Å². The van der Waals surface area contributed by atoms with E-state index < -0.39 is 0 Å². The van der Waals surface area contributed by atoms with Gasteiger partial charge in [-0.1, -0.05) is 0 Å². The zero-order valence-electron chi connectivity index (χ0n) is 7.72. The lowest BCUT2D eigenvalue weighted by Gasteiger charge is -2.26. The predicted molar refractivity (Wildman–Crippen MR) is 52.1 cm³/mol. The summed E-state index contributed by atoms with van der Waals surface area (Å²) in [5.41, 5.74) is 1.66. The normalized spacial score (nSPS) is 17.1. The van der Waals surface area contributed by atoms with E-state index in [9.17, 15) is 5.11 Å². The molecule has 14 heavy (non-hydrogen) atoms. The van der Waals surface area contributed by atoms with Gasteiger partial charge < -0.3 is 9.67 Å². The van der Waals surface area contributed by atoms with E-state index in [1.165, 1.54) is 19.3 Å². The van der Waals surface area contributed by atoms with E-state index in [-0.39, 0.29) is 5.88 Å². The first-order valence-corrected chi connectivity index (χ1v) is 4.87. The summed E-state index contributed by atoms with van der Waals surface area (Å²) in [5.74, 6) is 0.0681. The Bertz CT molecular complexity index is 473. The van der Waals surface area contributed by atoms with Crippen LogP contribution in [-0.4, -0.2) is 19.6 Å². The molecule has 4 heteroatoms. The molecule has 4 nitrogen and oxygen atoms in total. The predicted octanol–water partition coefficient (Wildman–Crippen LogP) is 1.86. The van der Waals surface area contributed by atoms with Gasteiger partial charge in [0.25, 0.3) is 0 Å². The molecule has 0 unspecified atom stereocenters. The van der Waals surface area contributed by atoms with Gasteiger partial charge in [-0.05, 0) is 25.3 Å². The summed E-state index contributed by atoms with van der Waals surface area (Å²) < 4.78 is 2.07. The van der Waals surface area contributed by atoms with E-state index in [0.717, 1.165) is 11.2 Å². The van der Waals surface area contributed by atoms with Crippen molar-refractivity contribution in [2.45, 2.75) is 25.3 Å². The van der Waals surface area contributed by atoms with E-state index in [2.05, 4.69) is 14.5 Å². The monoisotopic (exact) mass is 189 g/mol. The molecule has 0 saturated heterocycles. The van der Waals surface area contributed by atoms with Gasteiger partial charge in [0.1, 0.15) is 5.52 Å². The van der Waals surface area contributed by atoms with Gasteiger partial charge in [-0.25, -0.2) is 4.98 Å². The van der Waals surface area contributed by atoms with Gasteiger partial charge in [-0.3, -0.25) is 0 Å². The Kier molecular flexibility index (Phi) is 1.50. The minimum absolute atomic E-state index is 0.0681. The Balaban J connectivity index is 2.18. The van der Waals surface area contributed by atoms with Crippen molar-refractivity contribution < 1.29 is 5.11 Å². The van der Waals surface area contributed by atoms with Gasteiger partial charge in [-0.2, -0.15) is 4.98 Å². The number of nitrogens with zero attached hydrogens (tertiary/aromatic N) is 3. The molecule has 0 amide bonds. The van der Waals surface area contributed by atoms with Gasteiger partial charge in [0.2, 0.25) is 5.88 Å². The van der Waals surface area contributed by atoms with E-state index in [0.29, 0.717) is 6.04 Å². The number of aromatic nitrogens is 3. The van der Waals surface area contributed by atoms with Crippen molar-refractivity contribution in [3.63, 3.8) is 0 Å². The Morgan fingerprint density at radius 1 is 1.36 bits per heavy atom. The highest BCUT2D eigenvalue weighted by Gasteiger charge is 2.21. The number of aromatic hydroxyl groups is 1. The van der Waals surface area contributed by atoms with Crippen molar-refractivity contribution in [2.75, 3.05) is 0 Å². The molecule has 0 aliphatic heterocycles. The van der Waals surface area contributed by atoms with Crippen LogP contribution >= 0.6 is 0 Å². The summed E-state index contributed by atoms with van der Waals surface area (Å²) in [5, 5.41) is 9.29. The lowest BCUT2D eigenvalue weighted by atomic mass is 9.93. The van der Waals surface area contributed by atoms with Crippen LogP contribution in [0.4, 0.5) is 0 Å². The quantitative estimate of drug-likeness (QED) is 0.744. The highest BCUT2D eigenvalue weighted by atomic mass is 16.3. The number of hydrogen-bond acceptors (Lipinski definition) is 3. The van der Waals surface area contributed by atoms with E-state index in [1.54, 1.807) is 12.1 Å². The van der Waals surface area contributed by atoms with Crippen LogP contribution in [0, 0.1) is 0 Å². The third kappa shape index (κ3) is 0.999. The second kappa shape index (κ2) is 2.70. The molecule has 3 rings (SSSR count). The maximum atomic E-state index is 9.29. The molecular formula is C10H11N3O. The molecule has 0 aromatic carbocycles. The van der Waals surface area contributed by atoms with Crippen LogP contribution in [0.5, 0.6) is 5.88 Å². The second-order valence-corrected chi connectivity index (χ2v) is 3.75. The average Bonchev–Trinajstić information content (AvgIpc) is 2.46. The molecule has 1 fully saturated rings. The van der Waals surface area contributed by atoms with Crippen LogP contribution < -0.4 is 0 Å². The van der Waals surface area contributed by atoms with Crippen LogP contribution in [0.1, 0.15) is 25.3 Å². The molecule has 1 aliphatic carbocycles. The summed E-state index contributed by atoms with van der Waals surface area (Å²) in [4.78, 5) is 8.35. The zero-order valence-corrected chi connectivity index (χ0v) is 7.72. The smallest absolute Gasteiger partial charge is 0.212 e. The van der Waals surface area contributed by atoms with Gasteiger partial charge in [-0.15, -0.1) is 0 Å². The van der Waals surface area contributed by atoms with Gasteiger partial charge in [0.05, 0.1) is 6.33 Å². The Morgan fingerprint density at radius 3 is 2.93 bits per heavy atom. The number of imidazole rings is 1. The van der Waals surface area contributed by atoms with Crippen molar-refractivity contribution in [3.8, 4) is 5.88 Å². The Hall–Kier alpha value is -1.58. The first kappa shape index (κ1) is 7.79. The standard InChI is InChI=1S/C10H11N3O/c14-9-5-4-8-10(12-9)13(6-11-8)7-2-1-3-7/h4-7H,1-3H2,(H,12,14).